The summed E-state index contributed by atoms with van der Waals surface area (Å²) < 4.78 is 111. The molecule has 224 valence electrons. The molecule has 2 aliphatic heterocycles. The van der Waals surface area contributed by atoms with Crippen molar-refractivity contribution in [2.75, 3.05) is 38.3 Å². The topological polar surface area (TPSA) is 164 Å². The van der Waals surface area contributed by atoms with Crippen LogP contribution in [-0.4, -0.2) is 86.2 Å². The Hall–Kier alpha value is -3.51. The molecule has 1 amide bonds. The summed E-state index contributed by atoms with van der Waals surface area (Å²) >= 11 is 0. The third kappa shape index (κ3) is 5.19. The van der Waals surface area contributed by atoms with Gasteiger partial charge >= 0.3 is 6.18 Å². The number of anilines is 1. The number of hydrogen-bond donors (Lipinski definition) is 2. The van der Waals surface area contributed by atoms with Gasteiger partial charge in [0.2, 0.25) is 26.0 Å². The molecule has 0 bridgehead atoms. The largest absolute Gasteiger partial charge is 0.495 e. The first kappa shape index (κ1) is 30.4. The van der Waals surface area contributed by atoms with Crippen LogP contribution >= 0.6 is 0 Å². The van der Waals surface area contributed by atoms with Gasteiger partial charge < -0.3 is 15.8 Å². The van der Waals surface area contributed by atoms with Crippen LogP contribution in [0.2, 0.25) is 0 Å². The van der Waals surface area contributed by atoms with Crippen LogP contribution in [0.5, 0.6) is 5.75 Å². The number of nitrogens with two attached hydrogens (primary N) is 1. The van der Waals surface area contributed by atoms with Gasteiger partial charge in [-0.05, 0) is 43.7 Å². The highest BCUT2D eigenvalue weighted by molar-refractivity contribution is 7.91. The number of carbonyl (C=O) groups excluding carboxylic acids is 1. The Morgan fingerprint density at radius 2 is 1.93 bits per heavy atom. The molecule has 1 spiro atoms. The van der Waals surface area contributed by atoms with Crippen LogP contribution in [0.15, 0.2) is 41.5 Å². The van der Waals surface area contributed by atoms with Crippen molar-refractivity contribution in [3.8, 4) is 5.75 Å². The number of guanidine groups is 1. The van der Waals surface area contributed by atoms with Crippen LogP contribution in [0, 0.1) is 5.82 Å². The third-order valence-corrected chi connectivity index (χ3v) is 11.7. The van der Waals surface area contributed by atoms with Gasteiger partial charge in [-0.2, -0.15) is 17.5 Å². The van der Waals surface area contributed by atoms with Gasteiger partial charge in [0.25, 0.3) is 5.91 Å². The van der Waals surface area contributed by atoms with Crippen LogP contribution < -0.4 is 15.8 Å². The van der Waals surface area contributed by atoms with Crippen molar-refractivity contribution in [2.45, 2.75) is 29.8 Å². The van der Waals surface area contributed by atoms with Crippen molar-refractivity contribution in [1.82, 2.24) is 13.6 Å². The van der Waals surface area contributed by atoms with Gasteiger partial charge in [-0.3, -0.25) is 4.79 Å². The molecule has 1 aromatic carbocycles. The Morgan fingerprint density at radius 1 is 1.24 bits per heavy atom. The molecule has 2 atom stereocenters. The lowest BCUT2D eigenvalue weighted by Crippen LogP contribution is -2.66. The first-order chi connectivity index (χ1) is 18.9. The summed E-state index contributed by atoms with van der Waals surface area (Å²) in [5.74, 6) is -4.03. The van der Waals surface area contributed by atoms with Gasteiger partial charge in [-0.25, -0.2) is 35.5 Å². The predicted molar refractivity (Wildman–Crippen MR) is 140 cm³/mol. The van der Waals surface area contributed by atoms with Crippen LogP contribution in [-0.2, 0) is 25.6 Å². The molecule has 1 fully saturated rings. The molecule has 12 nitrogen and oxygen atoms in total. The maximum absolute atomic E-state index is 15.5. The van der Waals surface area contributed by atoms with E-state index in [1.54, 1.807) is 0 Å². The van der Waals surface area contributed by atoms with E-state index in [4.69, 9.17) is 10.5 Å². The summed E-state index contributed by atoms with van der Waals surface area (Å²) in [5, 5.41) is 2.52. The molecule has 0 saturated carbocycles. The first-order valence-corrected chi connectivity index (χ1v) is 14.9. The monoisotopic (exact) mass is 622 g/mol. The van der Waals surface area contributed by atoms with E-state index >= 15 is 4.39 Å². The Kier molecular flexibility index (Phi) is 7.49. The zero-order valence-corrected chi connectivity index (χ0v) is 23.6. The molecule has 1 saturated heterocycles. The highest BCUT2D eigenvalue weighted by Gasteiger charge is 2.67. The molecular weight excluding hydrogens is 596 g/mol. The number of amides is 1. The van der Waals surface area contributed by atoms with Gasteiger partial charge in [0.05, 0.1) is 13.3 Å². The Balaban J connectivity index is 1.80. The standard InChI is InChI=1S/C23H26F4N6O6S2/c1-21(16-10-14(4-6-17(16)24)30-19(34)18-7-5-15(39-3)11-29-18)22(41(37,38)32(2)20(28)31-21)8-9-33(12-22)40(35,36)13-23(25,26)27/h4-7,10-11H,8-9,12-13H2,1-3H3,(H2,28,31)(H,30,34)/t21-,22-/m1/s1. The summed E-state index contributed by atoms with van der Waals surface area (Å²) in [4.78, 5) is 21.0. The minimum absolute atomic E-state index is 0.00466. The van der Waals surface area contributed by atoms with E-state index in [0.717, 1.165) is 19.2 Å². The number of methoxy groups -OCH3 is 1. The van der Waals surface area contributed by atoms with Gasteiger partial charge in [0.15, 0.2) is 5.75 Å². The number of hydrogen-bond acceptors (Lipinski definition) is 9. The summed E-state index contributed by atoms with van der Waals surface area (Å²) in [6, 6.07) is 6.11. The van der Waals surface area contributed by atoms with E-state index in [9.17, 15) is 34.8 Å². The quantitative estimate of drug-likeness (QED) is 0.459. The molecule has 1 aromatic heterocycles. The predicted octanol–water partition coefficient (Wildman–Crippen LogP) is 1.62. The van der Waals surface area contributed by atoms with Crippen LogP contribution in [0.3, 0.4) is 0 Å². The summed E-state index contributed by atoms with van der Waals surface area (Å²) in [6.45, 7) is -0.339. The minimum atomic E-state index is -5.08. The van der Waals surface area contributed by atoms with E-state index in [2.05, 4.69) is 15.3 Å². The number of rotatable bonds is 6. The molecule has 3 heterocycles. The lowest BCUT2D eigenvalue weighted by atomic mass is 9.78. The number of sulfonamides is 2. The van der Waals surface area contributed by atoms with E-state index in [-0.39, 0.29) is 16.9 Å². The van der Waals surface area contributed by atoms with Crippen molar-refractivity contribution in [3.05, 3.63) is 53.6 Å². The second-order valence-electron chi connectivity index (χ2n) is 9.70. The third-order valence-electron chi connectivity index (χ3n) is 7.29. The number of ether oxygens (including phenoxy) is 1. The van der Waals surface area contributed by atoms with Crippen molar-refractivity contribution >= 4 is 37.6 Å². The zero-order valence-electron chi connectivity index (χ0n) is 21.9. The fourth-order valence-corrected chi connectivity index (χ4v) is 8.64. The van der Waals surface area contributed by atoms with Crippen molar-refractivity contribution < 1.29 is 43.9 Å². The molecule has 3 N–H and O–H groups in total. The summed E-state index contributed by atoms with van der Waals surface area (Å²) in [6.07, 6.45) is -4.30. The molecule has 0 radical (unpaired) electrons. The Bertz CT molecular complexity index is 1620. The van der Waals surface area contributed by atoms with Crippen molar-refractivity contribution in [1.29, 1.82) is 0 Å². The zero-order chi connectivity index (χ0) is 30.6. The number of nitrogens with one attached hydrogen (secondary N) is 1. The fourth-order valence-electron chi connectivity index (χ4n) is 5.04. The number of aliphatic imine (C=N–C) groups is 1. The second-order valence-corrected chi connectivity index (χ2v) is 13.9. The van der Waals surface area contributed by atoms with Gasteiger partial charge in [0, 0.05) is 31.4 Å². The highest BCUT2D eigenvalue weighted by atomic mass is 32.2. The van der Waals surface area contributed by atoms with E-state index in [0.29, 0.717) is 14.4 Å². The first-order valence-electron chi connectivity index (χ1n) is 11.9. The number of carbonyl (C=O) groups is 1. The number of pyridine rings is 1. The molecule has 0 aliphatic carbocycles. The van der Waals surface area contributed by atoms with E-state index < -0.39 is 79.5 Å². The van der Waals surface area contributed by atoms with Crippen LogP contribution in [0.25, 0.3) is 0 Å². The molecule has 0 unspecified atom stereocenters. The van der Waals surface area contributed by atoms with Crippen molar-refractivity contribution in [3.63, 3.8) is 0 Å². The number of benzene rings is 1. The molecule has 18 heteroatoms. The molecule has 2 aromatic rings. The maximum atomic E-state index is 15.5. The van der Waals surface area contributed by atoms with Gasteiger partial charge in [0.1, 0.15) is 27.5 Å². The molecule has 2 aliphatic rings. The van der Waals surface area contributed by atoms with Crippen molar-refractivity contribution in [2.24, 2.45) is 10.7 Å². The number of halogens is 4. The molecule has 41 heavy (non-hydrogen) atoms. The van der Waals surface area contributed by atoms with Gasteiger partial charge in [-0.15, -0.1) is 0 Å². The van der Waals surface area contributed by atoms with E-state index in [1.807, 2.05) is 0 Å². The SMILES string of the molecule is COc1ccc(C(=O)Nc2ccc(F)c([C@@]3(C)N=C(N)N(C)S(=O)(=O)[C@@]34CCN(S(=O)(=O)CC(F)(F)F)C4)c2)nc1. The Morgan fingerprint density at radius 3 is 2.51 bits per heavy atom. The lowest BCUT2D eigenvalue weighted by Gasteiger charge is -2.48. The normalized spacial score (nSPS) is 24.8. The van der Waals surface area contributed by atoms with E-state index in [1.165, 1.54) is 38.4 Å². The number of nitrogens with zero attached hydrogens (tertiary/aromatic N) is 4. The fraction of sp³-hybridized carbons (Fsp3) is 0.435. The highest BCUT2D eigenvalue weighted by Crippen LogP contribution is 2.52. The summed E-state index contributed by atoms with van der Waals surface area (Å²) in [7, 11) is -7.16. The van der Waals surface area contributed by atoms with Crippen LogP contribution in [0.1, 0.15) is 29.4 Å². The smallest absolute Gasteiger partial charge is 0.404 e. The minimum Gasteiger partial charge on any atom is -0.495 e. The summed E-state index contributed by atoms with van der Waals surface area (Å²) in [5.41, 5.74) is 3.36. The average Bonchev–Trinajstić information content (AvgIpc) is 3.36. The molecular formula is C23H26F4N6O6S2. The number of alkyl halides is 3. The van der Waals surface area contributed by atoms with Gasteiger partial charge in [-0.1, -0.05) is 0 Å². The second kappa shape index (κ2) is 10.1. The average molecular weight is 623 g/mol. The Labute approximate surface area is 233 Å². The lowest BCUT2D eigenvalue weighted by molar-refractivity contribution is -0.107. The molecule has 4 rings (SSSR count). The number of aromatic nitrogens is 1. The van der Waals surface area contributed by atoms with Crippen LogP contribution in [0.4, 0.5) is 23.2 Å². The maximum Gasteiger partial charge on any atom is 0.404 e.